The quantitative estimate of drug-likeness (QED) is 0.740. The van der Waals surface area contributed by atoms with Crippen LogP contribution in [0.5, 0.6) is 0 Å². The van der Waals surface area contributed by atoms with Crippen LogP contribution in [-0.4, -0.2) is 37.1 Å². The van der Waals surface area contributed by atoms with Crippen molar-refractivity contribution >= 4 is 28.5 Å². The van der Waals surface area contributed by atoms with E-state index in [1.54, 1.807) is 23.1 Å². The second kappa shape index (κ2) is 7.31. The number of benzene rings is 2. The summed E-state index contributed by atoms with van der Waals surface area (Å²) in [4.78, 5) is 14.3. The normalized spacial score (nSPS) is 14.7. The van der Waals surface area contributed by atoms with Crippen LogP contribution in [0.2, 0.25) is 5.02 Å². The smallest absolute Gasteiger partial charge is 0.257 e. The zero-order valence-corrected chi connectivity index (χ0v) is 15.3. The van der Waals surface area contributed by atoms with Gasteiger partial charge in [0, 0.05) is 18.5 Å². The highest BCUT2D eigenvalue weighted by atomic mass is 35.5. The fraction of sp³-hybridized carbons (Fsp3) is 0.250. The Kier molecular flexibility index (Phi) is 4.86. The maximum Gasteiger partial charge on any atom is 0.257 e. The molecule has 4 rings (SSSR count). The second-order valence-electron chi connectivity index (χ2n) is 6.39. The molecule has 0 aliphatic carbocycles. The molecule has 2 heterocycles. The number of carbonyl (C=O) groups excluding carboxylic acids is 1. The maximum atomic E-state index is 14.3. The van der Waals surface area contributed by atoms with Crippen LogP contribution in [0.1, 0.15) is 16.1 Å². The topological polar surface area (TPSA) is 68.7 Å². The summed E-state index contributed by atoms with van der Waals surface area (Å²) in [5, 5.41) is 1.25. The van der Waals surface area contributed by atoms with Crippen molar-refractivity contribution in [3.63, 3.8) is 0 Å². The average Bonchev–Trinajstić information content (AvgIpc) is 3.12. The number of ether oxygens (including phenoxy) is 1. The largest absolute Gasteiger partial charge is 0.458 e. The molecule has 2 N–H and O–H groups in total. The van der Waals surface area contributed by atoms with Gasteiger partial charge >= 0.3 is 0 Å². The van der Waals surface area contributed by atoms with Gasteiger partial charge in [-0.2, -0.15) is 0 Å². The van der Waals surface area contributed by atoms with Crippen LogP contribution in [0.25, 0.3) is 22.1 Å². The van der Waals surface area contributed by atoms with Gasteiger partial charge in [-0.15, -0.1) is 0 Å². The highest BCUT2D eigenvalue weighted by molar-refractivity contribution is 6.35. The van der Waals surface area contributed by atoms with Gasteiger partial charge in [0.2, 0.25) is 0 Å². The lowest BCUT2D eigenvalue weighted by atomic mass is 10.0. The van der Waals surface area contributed by atoms with E-state index in [2.05, 4.69) is 0 Å². The number of morpholine rings is 1. The highest BCUT2D eigenvalue weighted by Gasteiger charge is 2.22. The molecule has 0 atom stereocenters. The Labute approximate surface area is 160 Å². The van der Waals surface area contributed by atoms with Gasteiger partial charge in [-0.05, 0) is 41.5 Å². The first-order chi connectivity index (χ1) is 13.1. The van der Waals surface area contributed by atoms with E-state index < -0.39 is 5.82 Å². The van der Waals surface area contributed by atoms with Gasteiger partial charge in [-0.3, -0.25) is 4.79 Å². The molecule has 0 bridgehead atoms. The van der Waals surface area contributed by atoms with Crippen LogP contribution in [0, 0.1) is 5.82 Å². The summed E-state index contributed by atoms with van der Waals surface area (Å²) in [5.74, 6) is -0.249. The summed E-state index contributed by atoms with van der Waals surface area (Å²) in [5.41, 5.74) is 7.70. The Hall–Kier alpha value is -2.41. The minimum absolute atomic E-state index is 0.0421. The van der Waals surface area contributed by atoms with Crippen LogP contribution in [0.15, 0.2) is 40.8 Å². The summed E-state index contributed by atoms with van der Waals surface area (Å²) in [7, 11) is 0. The molecule has 7 heteroatoms. The third-order valence-electron chi connectivity index (χ3n) is 4.65. The molecule has 2 aromatic carbocycles. The van der Waals surface area contributed by atoms with E-state index in [4.69, 9.17) is 26.5 Å². The van der Waals surface area contributed by atoms with Crippen molar-refractivity contribution in [2.45, 2.75) is 6.54 Å². The molecule has 0 spiro atoms. The van der Waals surface area contributed by atoms with Crippen LogP contribution in [0.4, 0.5) is 4.39 Å². The summed E-state index contributed by atoms with van der Waals surface area (Å²) in [6, 6.07) is 9.96. The number of hydrogen-bond donors (Lipinski definition) is 1. The van der Waals surface area contributed by atoms with E-state index >= 15 is 0 Å². The molecule has 1 saturated heterocycles. The van der Waals surface area contributed by atoms with E-state index in [-0.39, 0.29) is 18.0 Å². The second-order valence-corrected chi connectivity index (χ2v) is 6.80. The van der Waals surface area contributed by atoms with Gasteiger partial charge in [0.15, 0.2) is 5.58 Å². The zero-order valence-electron chi connectivity index (χ0n) is 14.5. The van der Waals surface area contributed by atoms with Gasteiger partial charge in [-0.25, -0.2) is 4.39 Å². The summed E-state index contributed by atoms with van der Waals surface area (Å²) >= 11 is 6.34. The molecule has 27 heavy (non-hydrogen) atoms. The summed E-state index contributed by atoms with van der Waals surface area (Å²) < 4.78 is 25.2. The van der Waals surface area contributed by atoms with Crippen molar-refractivity contribution < 1.29 is 18.3 Å². The van der Waals surface area contributed by atoms with E-state index in [9.17, 15) is 9.18 Å². The van der Waals surface area contributed by atoms with Gasteiger partial charge in [-0.1, -0.05) is 17.7 Å². The Morgan fingerprint density at radius 1 is 1.15 bits per heavy atom. The molecule has 1 aliphatic rings. The molecule has 1 amide bonds. The average molecular weight is 389 g/mol. The van der Waals surface area contributed by atoms with E-state index in [0.717, 1.165) is 10.9 Å². The first-order valence-electron chi connectivity index (χ1n) is 8.66. The van der Waals surface area contributed by atoms with Crippen LogP contribution in [-0.2, 0) is 11.3 Å². The number of fused-ring (bicyclic) bond motifs is 1. The molecule has 0 radical (unpaired) electrons. The fourth-order valence-electron chi connectivity index (χ4n) is 3.24. The van der Waals surface area contributed by atoms with Crippen molar-refractivity contribution in [2.75, 3.05) is 26.3 Å². The third kappa shape index (κ3) is 3.43. The summed E-state index contributed by atoms with van der Waals surface area (Å²) in [6.45, 7) is 2.11. The molecular formula is C20H18ClFN2O3. The van der Waals surface area contributed by atoms with E-state index in [1.165, 1.54) is 6.07 Å². The molecule has 0 unspecified atom stereocenters. The Morgan fingerprint density at radius 2 is 1.93 bits per heavy atom. The minimum Gasteiger partial charge on any atom is -0.458 e. The number of rotatable bonds is 3. The van der Waals surface area contributed by atoms with Crippen molar-refractivity contribution in [1.29, 1.82) is 0 Å². The predicted octanol–water partition coefficient (Wildman–Crippen LogP) is 3.82. The Bertz CT molecular complexity index is 1010. The molecule has 5 nitrogen and oxygen atoms in total. The molecular weight excluding hydrogens is 371 g/mol. The molecule has 1 aromatic heterocycles. The van der Waals surface area contributed by atoms with Gasteiger partial charge in [0.1, 0.15) is 11.6 Å². The maximum absolute atomic E-state index is 14.3. The van der Waals surface area contributed by atoms with Crippen molar-refractivity contribution in [1.82, 2.24) is 4.90 Å². The van der Waals surface area contributed by atoms with Crippen molar-refractivity contribution in [2.24, 2.45) is 5.73 Å². The van der Waals surface area contributed by atoms with Gasteiger partial charge < -0.3 is 19.8 Å². The number of halogens is 2. The number of nitrogens with two attached hydrogens (primary N) is 1. The molecule has 1 aliphatic heterocycles. The van der Waals surface area contributed by atoms with E-state index in [0.29, 0.717) is 48.2 Å². The molecule has 1 fully saturated rings. The SMILES string of the molecule is NCc1cc2cc(-c3ccc(F)c(C(=O)N4CCOCC4)c3)cc(Cl)c2o1. The number of nitrogens with zero attached hydrogens (tertiary/aromatic N) is 1. The van der Waals surface area contributed by atoms with Crippen LogP contribution < -0.4 is 5.73 Å². The lowest BCUT2D eigenvalue weighted by molar-refractivity contribution is 0.0300. The fourth-order valence-corrected chi connectivity index (χ4v) is 3.50. The standard InChI is InChI=1S/C20H18ClFN2O3/c21-17-10-13(7-14-8-15(11-23)27-19(14)17)12-1-2-18(22)16(9-12)20(25)24-3-5-26-6-4-24/h1-2,7-10H,3-6,11,23H2. The molecule has 0 saturated carbocycles. The lowest BCUT2D eigenvalue weighted by Crippen LogP contribution is -2.41. The number of carbonyl (C=O) groups is 1. The van der Waals surface area contributed by atoms with Gasteiger partial charge in [0.05, 0.1) is 30.3 Å². The molecule has 3 aromatic rings. The monoisotopic (exact) mass is 388 g/mol. The van der Waals surface area contributed by atoms with E-state index in [1.807, 2.05) is 12.1 Å². The third-order valence-corrected chi connectivity index (χ3v) is 4.93. The first kappa shape index (κ1) is 18.0. The Morgan fingerprint density at radius 3 is 2.67 bits per heavy atom. The van der Waals surface area contributed by atoms with Crippen molar-refractivity contribution in [3.8, 4) is 11.1 Å². The lowest BCUT2D eigenvalue weighted by Gasteiger charge is -2.27. The zero-order chi connectivity index (χ0) is 19.0. The predicted molar refractivity (Wildman–Crippen MR) is 101 cm³/mol. The Balaban J connectivity index is 1.74. The number of hydrogen-bond acceptors (Lipinski definition) is 4. The van der Waals surface area contributed by atoms with Crippen LogP contribution in [0.3, 0.4) is 0 Å². The summed E-state index contributed by atoms with van der Waals surface area (Å²) in [6.07, 6.45) is 0. The first-order valence-corrected chi connectivity index (χ1v) is 9.03. The number of furan rings is 1. The highest BCUT2D eigenvalue weighted by Crippen LogP contribution is 2.33. The van der Waals surface area contributed by atoms with Crippen molar-refractivity contribution in [3.05, 3.63) is 58.6 Å². The van der Waals surface area contributed by atoms with Gasteiger partial charge in [0.25, 0.3) is 5.91 Å². The minimum atomic E-state index is -0.545. The molecule has 140 valence electrons. The number of amides is 1. The van der Waals surface area contributed by atoms with Crippen LogP contribution >= 0.6 is 11.6 Å².